The van der Waals surface area contributed by atoms with Crippen LogP contribution in [0, 0.1) is 0 Å². The van der Waals surface area contributed by atoms with Gasteiger partial charge in [0.15, 0.2) is 9.84 Å². The molecule has 0 fully saturated rings. The molecule has 0 aliphatic rings. The van der Waals surface area contributed by atoms with Crippen LogP contribution in [0.4, 0.5) is 11.4 Å². The molecule has 1 aromatic rings. The maximum absolute atomic E-state index is 11.8. The first-order valence-corrected chi connectivity index (χ1v) is 7.44. The van der Waals surface area contributed by atoms with Crippen molar-refractivity contribution in [2.45, 2.75) is 19.1 Å². The van der Waals surface area contributed by atoms with Gasteiger partial charge in [-0.15, -0.1) is 0 Å². The van der Waals surface area contributed by atoms with E-state index in [0.29, 0.717) is 10.7 Å². The summed E-state index contributed by atoms with van der Waals surface area (Å²) in [5.41, 5.74) is 6.30. The predicted octanol–water partition coefficient (Wildman–Crippen LogP) is 1.68. The lowest BCUT2D eigenvalue weighted by molar-refractivity contribution is -0.115. The maximum Gasteiger partial charge on any atom is 0.242 e. The molecule has 0 radical (unpaired) electrons. The minimum absolute atomic E-state index is 0.0856. The Morgan fingerprint density at radius 1 is 1.50 bits per heavy atom. The van der Waals surface area contributed by atoms with Crippen LogP contribution in [0.3, 0.4) is 0 Å². The van der Waals surface area contributed by atoms with Gasteiger partial charge in [0.1, 0.15) is 5.25 Å². The maximum atomic E-state index is 11.8. The third kappa shape index (κ3) is 3.36. The summed E-state index contributed by atoms with van der Waals surface area (Å²) in [6.07, 6.45) is 0. The smallest absolute Gasteiger partial charge is 0.242 e. The van der Waals surface area contributed by atoms with Crippen LogP contribution in [-0.2, 0) is 14.6 Å². The largest absolute Gasteiger partial charge is 0.397 e. The van der Waals surface area contributed by atoms with Gasteiger partial charge in [-0.2, -0.15) is 0 Å². The third-order valence-electron chi connectivity index (χ3n) is 2.58. The molecule has 1 amide bonds. The van der Waals surface area contributed by atoms with Crippen molar-refractivity contribution in [2.75, 3.05) is 16.8 Å². The van der Waals surface area contributed by atoms with E-state index in [9.17, 15) is 13.2 Å². The second-order valence-electron chi connectivity index (χ2n) is 3.81. The fraction of sp³-hybridized carbons (Fsp3) is 0.364. The highest BCUT2D eigenvalue weighted by Crippen LogP contribution is 2.23. The van der Waals surface area contributed by atoms with E-state index < -0.39 is 21.0 Å². The highest BCUT2D eigenvalue weighted by molar-refractivity contribution is 7.92. The number of nitrogens with one attached hydrogen (secondary N) is 1. The molecule has 0 spiro atoms. The normalized spacial score (nSPS) is 13.1. The van der Waals surface area contributed by atoms with Gasteiger partial charge in [-0.3, -0.25) is 4.79 Å². The molecule has 0 aliphatic heterocycles. The van der Waals surface area contributed by atoms with Crippen LogP contribution in [0.1, 0.15) is 13.8 Å². The zero-order valence-electron chi connectivity index (χ0n) is 10.1. The number of hydrogen-bond donors (Lipinski definition) is 2. The monoisotopic (exact) mass is 290 g/mol. The molecule has 1 unspecified atom stereocenters. The van der Waals surface area contributed by atoms with Gasteiger partial charge < -0.3 is 11.1 Å². The summed E-state index contributed by atoms with van der Waals surface area (Å²) in [6.45, 7) is 2.84. The Balaban J connectivity index is 2.89. The van der Waals surface area contributed by atoms with Gasteiger partial charge in [0.2, 0.25) is 5.91 Å². The van der Waals surface area contributed by atoms with Crippen LogP contribution in [-0.4, -0.2) is 25.3 Å². The number of nitrogen functional groups attached to an aromatic ring is 1. The average molecular weight is 291 g/mol. The fourth-order valence-corrected chi connectivity index (χ4v) is 2.36. The van der Waals surface area contributed by atoms with Crippen molar-refractivity contribution in [2.24, 2.45) is 0 Å². The standard InChI is InChI=1S/C11H15ClN2O3S/c1-3-18(16,17)7(2)11(15)14-10-5-4-8(12)6-9(10)13/h4-7H,3,13H2,1-2H3,(H,14,15). The first kappa shape index (κ1) is 14.8. The number of carbonyl (C=O) groups excluding carboxylic acids is 1. The molecule has 5 nitrogen and oxygen atoms in total. The van der Waals surface area contributed by atoms with E-state index in [1.165, 1.54) is 26.0 Å². The van der Waals surface area contributed by atoms with Crippen molar-refractivity contribution in [3.63, 3.8) is 0 Å². The SMILES string of the molecule is CCS(=O)(=O)C(C)C(=O)Nc1ccc(Cl)cc1N. The zero-order valence-corrected chi connectivity index (χ0v) is 11.7. The number of hydrogen-bond acceptors (Lipinski definition) is 4. The Bertz CT molecular complexity index is 557. The lowest BCUT2D eigenvalue weighted by Crippen LogP contribution is -2.33. The third-order valence-corrected chi connectivity index (χ3v) is 4.91. The Hall–Kier alpha value is -1.27. The summed E-state index contributed by atoms with van der Waals surface area (Å²) in [5.74, 6) is -0.691. The molecule has 100 valence electrons. The van der Waals surface area contributed by atoms with Crippen molar-refractivity contribution in [3.05, 3.63) is 23.2 Å². The summed E-state index contributed by atoms with van der Waals surface area (Å²) in [7, 11) is -3.42. The molecule has 0 aliphatic carbocycles. The van der Waals surface area contributed by atoms with Gasteiger partial charge in [0.05, 0.1) is 11.4 Å². The highest BCUT2D eigenvalue weighted by atomic mass is 35.5. The summed E-state index contributed by atoms with van der Waals surface area (Å²) >= 11 is 5.72. The van der Waals surface area contributed by atoms with Crippen LogP contribution in [0.2, 0.25) is 5.02 Å². The van der Waals surface area contributed by atoms with Gasteiger partial charge in [-0.05, 0) is 25.1 Å². The number of sulfone groups is 1. The predicted molar refractivity (Wildman–Crippen MR) is 73.4 cm³/mol. The summed E-state index contributed by atoms with van der Waals surface area (Å²) < 4.78 is 23.1. The van der Waals surface area contributed by atoms with Crippen molar-refractivity contribution < 1.29 is 13.2 Å². The minimum atomic E-state index is -3.42. The number of amides is 1. The van der Waals surface area contributed by atoms with Crippen molar-refractivity contribution in [1.82, 2.24) is 0 Å². The molecule has 18 heavy (non-hydrogen) atoms. The number of anilines is 2. The van der Waals surface area contributed by atoms with E-state index in [0.717, 1.165) is 0 Å². The van der Waals surface area contributed by atoms with E-state index in [2.05, 4.69) is 5.32 Å². The first-order valence-electron chi connectivity index (χ1n) is 5.35. The Kier molecular flexibility index (Phi) is 4.59. The molecule has 1 aromatic carbocycles. The van der Waals surface area contributed by atoms with Gasteiger partial charge in [-0.25, -0.2) is 8.42 Å². The minimum Gasteiger partial charge on any atom is -0.397 e. The zero-order chi connectivity index (χ0) is 13.9. The molecule has 7 heteroatoms. The summed E-state index contributed by atoms with van der Waals surface area (Å²) in [5, 5.41) is 1.81. The topological polar surface area (TPSA) is 89.3 Å². The van der Waals surface area contributed by atoms with E-state index >= 15 is 0 Å². The number of benzene rings is 1. The molecule has 0 bridgehead atoms. The van der Waals surface area contributed by atoms with Gasteiger partial charge >= 0.3 is 0 Å². The Morgan fingerprint density at radius 3 is 2.61 bits per heavy atom. The van der Waals surface area contributed by atoms with Crippen molar-refractivity contribution in [1.29, 1.82) is 0 Å². The number of carbonyl (C=O) groups is 1. The summed E-state index contributed by atoms with van der Waals surface area (Å²) in [4.78, 5) is 11.8. The second-order valence-corrected chi connectivity index (χ2v) is 6.86. The van der Waals surface area contributed by atoms with Crippen LogP contribution in [0.5, 0.6) is 0 Å². The highest BCUT2D eigenvalue weighted by Gasteiger charge is 2.26. The van der Waals surface area contributed by atoms with Gasteiger partial charge in [0.25, 0.3) is 0 Å². The first-order chi connectivity index (χ1) is 8.27. The molecule has 1 atom stereocenters. The quantitative estimate of drug-likeness (QED) is 0.826. The van der Waals surface area contributed by atoms with Crippen LogP contribution >= 0.6 is 11.6 Å². The van der Waals surface area contributed by atoms with E-state index in [1.54, 1.807) is 6.07 Å². The molecular formula is C11H15ClN2O3S. The van der Waals surface area contributed by atoms with E-state index in [-0.39, 0.29) is 11.4 Å². The van der Waals surface area contributed by atoms with E-state index in [4.69, 9.17) is 17.3 Å². The lowest BCUT2D eigenvalue weighted by atomic mass is 10.2. The number of nitrogens with two attached hydrogens (primary N) is 1. The Morgan fingerprint density at radius 2 is 2.11 bits per heavy atom. The average Bonchev–Trinajstić information content (AvgIpc) is 2.31. The second kappa shape index (κ2) is 5.58. The molecule has 1 rings (SSSR count). The van der Waals surface area contributed by atoms with Crippen LogP contribution < -0.4 is 11.1 Å². The molecule has 0 heterocycles. The van der Waals surface area contributed by atoms with Crippen molar-refractivity contribution in [3.8, 4) is 0 Å². The lowest BCUT2D eigenvalue weighted by Gasteiger charge is -2.13. The molecule has 0 saturated heterocycles. The number of rotatable bonds is 4. The van der Waals surface area contributed by atoms with Crippen LogP contribution in [0.15, 0.2) is 18.2 Å². The van der Waals surface area contributed by atoms with E-state index in [1.807, 2.05) is 0 Å². The fourth-order valence-electron chi connectivity index (χ4n) is 1.29. The molecule has 0 saturated carbocycles. The number of halogens is 1. The molecule has 0 aromatic heterocycles. The Labute approximate surface area is 111 Å². The van der Waals surface area contributed by atoms with Gasteiger partial charge in [-0.1, -0.05) is 18.5 Å². The van der Waals surface area contributed by atoms with Gasteiger partial charge in [0, 0.05) is 10.8 Å². The van der Waals surface area contributed by atoms with Crippen LogP contribution in [0.25, 0.3) is 0 Å². The molecule has 3 N–H and O–H groups in total. The molecular weight excluding hydrogens is 276 g/mol. The van der Waals surface area contributed by atoms with Crippen molar-refractivity contribution >= 4 is 38.7 Å². The summed E-state index contributed by atoms with van der Waals surface area (Å²) in [6, 6.07) is 4.57.